The minimum atomic E-state index is -1.65. The Morgan fingerprint density at radius 1 is 1.03 bits per heavy atom. The van der Waals surface area contributed by atoms with Crippen LogP contribution < -0.4 is 0 Å². The summed E-state index contributed by atoms with van der Waals surface area (Å²) in [5.41, 5.74) is -4.99. The Hall–Kier alpha value is -2.72. The van der Waals surface area contributed by atoms with E-state index in [9.17, 15) is 24.3 Å². The number of ether oxygens (including phenoxy) is 5. The minimum Gasteiger partial charge on any atom is -0.462 e. The lowest BCUT2D eigenvalue weighted by molar-refractivity contribution is -0.220. The maximum Gasteiger partial charge on any atom is 0.342 e. The van der Waals surface area contributed by atoms with Crippen molar-refractivity contribution in [1.82, 2.24) is 0 Å². The number of hydrogen-bond donors (Lipinski definition) is 1. The van der Waals surface area contributed by atoms with E-state index in [2.05, 4.69) is 0 Å². The molecule has 2 aliphatic carbocycles. The summed E-state index contributed by atoms with van der Waals surface area (Å²) in [5.74, 6) is -3.44. The number of carbonyl (C=O) groups excluding carboxylic acids is 4. The highest BCUT2D eigenvalue weighted by atomic mass is 16.7. The predicted molar refractivity (Wildman–Crippen MR) is 123 cm³/mol. The van der Waals surface area contributed by atoms with Gasteiger partial charge in [0.05, 0.1) is 11.0 Å². The van der Waals surface area contributed by atoms with Gasteiger partial charge in [0, 0.05) is 26.7 Å². The van der Waals surface area contributed by atoms with Crippen LogP contribution in [0.3, 0.4) is 0 Å². The van der Waals surface area contributed by atoms with E-state index in [0.29, 0.717) is 12.8 Å². The number of allylic oxidation sites excluding steroid dienone is 1. The molecule has 1 spiro atoms. The maximum absolute atomic E-state index is 12.9. The van der Waals surface area contributed by atoms with Gasteiger partial charge in [-0.3, -0.25) is 14.4 Å². The zero-order valence-corrected chi connectivity index (χ0v) is 21.7. The molecule has 0 unspecified atom stereocenters. The summed E-state index contributed by atoms with van der Waals surface area (Å²) >= 11 is 0. The lowest BCUT2D eigenvalue weighted by Crippen LogP contribution is -2.67. The van der Waals surface area contributed by atoms with Crippen molar-refractivity contribution < 1.29 is 48.0 Å². The van der Waals surface area contributed by atoms with Crippen LogP contribution in [0.1, 0.15) is 61.3 Å². The maximum atomic E-state index is 12.9. The van der Waals surface area contributed by atoms with Crippen molar-refractivity contribution in [1.29, 1.82) is 0 Å². The van der Waals surface area contributed by atoms with Crippen LogP contribution in [0.25, 0.3) is 0 Å². The monoisotopic (exact) mass is 506 g/mol. The highest BCUT2D eigenvalue weighted by molar-refractivity contribution is 5.89. The van der Waals surface area contributed by atoms with E-state index in [0.717, 1.165) is 5.57 Å². The van der Waals surface area contributed by atoms with Crippen molar-refractivity contribution in [2.75, 3.05) is 0 Å². The van der Waals surface area contributed by atoms with Crippen molar-refractivity contribution in [2.24, 2.45) is 11.3 Å². The lowest BCUT2D eigenvalue weighted by Gasteiger charge is -2.55. The van der Waals surface area contributed by atoms with Crippen LogP contribution in [0.15, 0.2) is 23.8 Å². The quantitative estimate of drug-likeness (QED) is 0.261. The molecule has 0 saturated carbocycles. The van der Waals surface area contributed by atoms with Gasteiger partial charge in [0.1, 0.15) is 18.3 Å². The third-order valence-electron chi connectivity index (χ3n) is 8.19. The molecule has 0 aromatic heterocycles. The normalized spacial score (nSPS) is 46.6. The van der Waals surface area contributed by atoms with Crippen LogP contribution >= 0.6 is 0 Å². The van der Waals surface area contributed by atoms with Gasteiger partial charge in [0.15, 0.2) is 17.3 Å². The third kappa shape index (κ3) is 3.76. The summed E-state index contributed by atoms with van der Waals surface area (Å²) in [6.45, 7) is 10.5. The van der Waals surface area contributed by atoms with Crippen LogP contribution in [-0.4, -0.2) is 70.2 Å². The van der Waals surface area contributed by atoms with Gasteiger partial charge in [-0.2, -0.15) is 0 Å². The van der Waals surface area contributed by atoms with Crippen LogP contribution in [0.2, 0.25) is 0 Å². The van der Waals surface area contributed by atoms with Crippen LogP contribution in [0.4, 0.5) is 0 Å². The fourth-order valence-corrected chi connectivity index (χ4v) is 6.55. The third-order valence-corrected chi connectivity index (χ3v) is 8.19. The van der Waals surface area contributed by atoms with Crippen molar-refractivity contribution in [2.45, 2.75) is 103 Å². The van der Waals surface area contributed by atoms with Gasteiger partial charge in [-0.25, -0.2) is 4.79 Å². The summed E-state index contributed by atoms with van der Waals surface area (Å²) in [5, 5.41) is 11.8. The minimum absolute atomic E-state index is 0.315. The molecule has 1 N–H and O–H groups in total. The van der Waals surface area contributed by atoms with E-state index < -0.39 is 76.4 Å². The van der Waals surface area contributed by atoms with E-state index >= 15 is 0 Å². The topological polar surface area (TPSA) is 138 Å². The van der Waals surface area contributed by atoms with Crippen molar-refractivity contribution in [3.8, 4) is 0 Å². The second kappa shape index (κ2) is 8.41. The predicted octanol–water partition coefficient (Wildman–Crippen LogP) is 1.92. The number of epoxide rings is 1. The van der Waals surface area contributed by atoms with Gasteiger partial charge in [-0.15, -0.1) is 0 Å². The molecule has 2 aliphatic heterocycles. The first kappa shape index (κ1) is 26.3. The second-order valence-electron chi connectivity index (χ2n) is 10.9. The Kier molecular flexibility index (Phi) is 6.16. The number of esters is 4. The van der Waals surface area contributed by atoms with E-state index in [1.165, 1.54) is 33.8 Å². The van der Waals surface area contributed by atoms with Gasteiger partial charge in [-0.1, -0.05) is 18.6 Å². The molecule has 9 atom stereocenters. The first-order chi connectivity index (χ1) is 16.6. The van der Waals surface area contributed by atoms with E-state index in [1.54, 1.807) is 26.0 Å². The summed E-state index contributed by atoms with van der Waals surface area (Å²) in [4.78, 5) is 49.8. The molecular formula is C26H34O10. The molecule has 10 nitrogen and oxygen atoms in total. The summed E-state index contributed by atoms with van der Waals surface area (Å²) in [6, 6.07) is 0. The van der Waals surface area contributed by atoms with E-state index in [4.69, 9.17) is 23.7 Å². The van der Waals surface area contributed by atoms with Crippen LogP contribution in [0.5, 0.6) is 0 Å². The van der Waals surface area contributed by atoms with E-state index in [1.807, 2.05) is 6.92 Å². The average Bonchev–Trinajstić information content (AvgIpc) is 3.32. The number of fused-ring (bicyclic) bond motifs is 1. The molecule has 0 bridgehead atoms. The lowest BCUT2D eigenvalue weighted by atomic mass is 9.54. The van der Waals surface area contributed by atoms with Crippen molar-refractivity contribution in [3.63, 3.8) is 0 Å². The molecule has 0 aromatic carbocycles. The number of hydrogen-bond acceptors (Lipinski definition) is 10. The number of carbonyl (C=O) groups is 4. The van der Waals surface area contributed by atoms with Gasteiger partial charge in [-0.05, 0) is 45.8 Å². The second-order valence-corrected chi connectivity index (χ2v) is 10.9. The fourth-order valence-electron chi connectivity index (χ4n) is 6.55. The zero-order chi connectivity index (χ0) is 26.8. The molecule has 2 saturated heterocycles. The van der Waals surface area contributed by atoms with Gasteiger partial charge < -0.3 is 28.8 Å². The molecule has 198 valence electrons. The molecule has 4 rings (SSSR count). The number of aliphatic hydroxyl groups is 1. The molecule has 0 amide bonds. The highest BCUT2D eigenvalue weighted by Gasteiger charge is 2.87. The molecule has 10 heteroatoms. The van der Waals surface area contributed by atoms with Gasteiger partial charge >= 0.3 is 23.9 Å². The Balaban J connectivity index is 2.02. The Morgan fingerprint density at radius 2 is 1.64 bits per heavy atom. The largest absolute Gasteiger partial charge is 0.462 e. The van der Waals surface area contributed by atoms with Gasteiger partial charge in [0.2, 0.25) is 0 Å². The van der Waals surface area contributed by atoms with Crippen molar-refractivity contribution in [3.05, 3.63) is 23.8 Å². The molecule has 0 radical (unpaired) electrons. The SMILES string of the molecule is CC(=O)O[C@H]1C=C[C@@](C)(O)[C@@H]2[C@H](OC(C)=O)[C@@]34O[C@@]3(C)C(=O)O[C@H]4/C=C(/C)CC[C@H](OC(C)=O)[C@@]12C. The van der Waals surface area contributed by atoms with Crippen LogP contribution in [-0.2, 0) is 42.9 Å². The molecule has 2 fully saturated rings. The summed E-state index contributed by atoms with van der Waals surface area (Å²) < 4.78 is 29.2. The molecule has 0 aromatic rings. The first-order valence-electron chi connectivity index (χ1n) is 12.1. The molecule has 2 heterocycles. The average molecular weight is 507 g/mol. The van der Waals surface area contributed by atoms with Crippen LogP contribution in [0, 0.1) is 11.3 Å². The Labute approximate surface area is 209 Å². The molecular weight excluding hydrogens is 472 g/mol. The summed E-state index contributed by atoms with van der Waals surface area (Å²) in [7, 11) is 0. The van der Waals surface area contributed by atoms with E-state index in [-0.39, 0.29) is 0 Å². The summed E-state index contributed by atoms with van der Waals surface area (Å²) in [6.07, 6.45) is 1.63. The first-order valence-corrected chi connectivity index (χ1v) is 12.1. The van der Waals surface area contributed by atoms with Gasteiger partial charge in [0.25, 0.3) is 0 Å². The zero-order valence-electron chi connectivity index (χ0n) is 21.7. The molecule has 36 heavy (non-hydrogen) atoms. The highest BCUT2D eigenvalue weighted by Crippen LogP contribution is 2.65. The molecule has 4 aliphatic rings. The Morgan fingerprint density at radius 3 is 2.19 bits per heavy atom. The Bertz CT molecular complexity index is 1060. The van der Waals surface area contributed by atoms with Crippen molar-refractivity contribution >= 4 is 23.9 Å². The fraction of sp³-hybridized carbons (Fsp3) is 0.692. The number of rotatable bonds is 3. The smallest absolute Gasteiger partial charge is 0.342 e. The standard InChI is InChI=1S/C26H34O10/c1-13-8-9-17(32-14(2)27)24(6)18(33-15(3)28)10-11-23(5,31)20(24)21(34-16(4)29)26-19(12-13)35-22(30)25(26,7)36-26/h10-12,17-21,31H,8-9H2,1-7H3/b13-12-/t17-,18-,19-,20-,21-,23+,24-,25-,26+/m0/s1.